The summed E-state index contributed by atoms with van der Waals surface area (Å²) < 4.78 is 2.95. The van der Waals surface area contributed by atoms with Gasteiger partial charge in [-0.05, 0) is 26.0 Å². The van der Waals surface area contributed by atoms with Gasteiger partial charge < -0.3 is 5.11 Å². The van der Waals surface area contributed by atoms with E-state index in [0.717, 1.165) is 16.1 Å². The maximum atomic E-state index is 11.9. The number of hydrogen-bond donors (Lipinski definition) is 2. The smallest absolute Gasteiger partial charge is 0.287 e. The summed E-state index contributed by atoms with van der Waals surface area (Å²) in [6, 6.07) is 3.91. The molecule has 0 atom stereocenters. The first-order valence-corrected chi connectivity index (χ1v) is 6.21. The first kappa shape index (κ1) is 13.6. The summed E-state index contributed by atoms with van der Waals surface area (Å²) in [6.07, 6.45) is 1.47. The number of aliphatic hydroxyl groups excluding tert-OH is 1. The molecule has 0 aromatic carbocycles. The van der Waals surface area contributed by atoms with Crippen LogP contribution in [-0.2, 0) is 6.54 Å². The van der Waals surface area contributed by atoms with Crippen LogP contribution in [0, 0.1) is 13.8 Å². The average molecular weight is 283 g/mol. The van der Waals surface area contributed by atoms with Crippen LogP contribution in [-0.4, -0.2) is 26.2 Å². The molecule has 0 saturated carbocycles. The van der Waals surface area contributed by atoms with Gasteiger partial charge in [-0.15, -0.1) is 0 Å². The zero-order valence-corrected chi connectivity index (χ0v) is 11.5. The second-order valence-corrected chi connectivity index (χ2v) is 4.57. The molecule has 0 spiro atoms. The Hall–Kier alpha value is -1.79. The predicted molar refractivity (Wildman–Crippen MR) is 73.5 cm³/mol. The largest absolute Gasteiger partial charge is 0.394 e. The van der Waals surface area contributed by atoms with Crippen LogP contribution < -0.4 is 11.0 Å². The van der Waals surface area contributed by atoms with Crippen LogP contribution >= 0.6 is 11.6 Å². The normalized spacial score (nSPS) is 10.7. The molecule has 2 N–H and O–H groups in total. The molecule has 7 heteroatoms. The van der Waals surface area contributed by atoms with Crippen molar-refractivity contribution >= 4 is 17.3 Å². The molecule has 0 aliphatic rings. The minimum Gasteiger partial charge on any atom is -0.394 e. The minimum atomic E-state index is -0.428. The molecule has 6 nitrogen and oxygen atoms in total. The van der Waals surface area contributed by atoms with Crippen molar-refractivity contribution in [3.63, 3.8) is 0 Å². The molecule has 102 valence electrons. The zero-order valence-electron chi connectivity index (χ0n) is 10.7. The standard InChI is InChI=1S/C12H15ClN4O2/c1-8-3-4-9(2)17(8)15-10-7-14-16(5-6-18)12(19)11(10)13/h3-4,7,15,18H,5-6H2,1-2H3. The lowest BCUT2D eigenvalue weighted by Crippen LogP contribution is -2.26. The third kappa shape index (κ3) is 2.64. The Morgan fingerprint density at radius 1 is 1.37 bits per heavy atom. The highest BCUT2D eigenvalue weighted by Crippen LogP contribution is 2.17. The van der Waals surface area contributed by atoms with Gasteiger partial charge in [-0.25, -0.2) is 4.68 Å². The van der Waals surface area contributed by atoms with E-state index in [4.69, 9.17) is 16.7 Å². The summed E-state index contributed by atoms with van der Waals surface area (Å²) in [6.45, 7) is 3.84. The van der Waals surface area contributed by atoms with Crippen LogP contribution in [0.25, 0.3) is 0 Å². The molecule has 0 aliphatic heterocycles. The molecule has 0 amide bonds. The molecular formula is C12H15ClN4O2. The Morgan fingerprint density at radius 2 is 2.00 bits per heavy atom. The van der Waals surface area contributed by atoms with E-state index in [1.807, 2.05) is 30.7 Å². The number of aromatic nitrogens is 3. The zero-order chi connectivity index (χ0) is 14.0. The fraction of sp³-hybridized carbons (Fsp3) is 0.333. The van der Waals surface area contributed by atoms with E-state index in [0.29, 0.717) is 5.69 Å². The number of halogens is 1. The van der Waals surface area contributed by atoms with Crippen molar-refractivity contribution in [1.82, 2.24) is 14.5 Å². The molecule has 19 heavy (non-hydrogen) atoms. The van der Waals surface area contributed by atoms with Crippen molar-refractivity contribution in [2.75, 3.05) is 12.0 Å². The van der Waals surface area contributed by atoms with E-state index in [9.17, 15) is 4.79 Å². The number of nitrogens with one attached hydrogen (secondary N) is 1. The summed E-state index contributed by atoms with van der Waals surface area (Å²) in [5.74, 6) is 0. The summed E-state index contributed by atoms with van der Waals surface area (Å²) in [5, 5.41) is 12.8. The van der Waals surface area contributed by atoms with Crippen LogP contribution in [0.15, 0.2) is 23.1 Å². The van der Waals surface area contributed by atoms with Gasteiger partial charge in [-0.2, -0.15) is 5.10 Å². The summed E-state index contributed by atoms with van der Waals surface area (Å²) in [5.41, 5.74) is 5.04. The van der Waals surface area contributed by atoms with Gasteiger partial charge in [0.15, 0.2) is 0 Å². The first-order valence-electron chi connectivity index (χ1n) is 5.83. The number of rotatable bonds is 4. The van der Waals surface area contributed by atoms with Crippen molar-refractivity contribution in [3.05, 3.63) is 45.1 Å². The van der Waals surface area contributed by atoms with Gasteiger partial charge in [0.25, 0.3) is 5.56 Å². The highest BCUT2D eigenvalue weighted by Gasteiger charge is 2.10. The third-order valence-corrected chi connectivity index (χ3v) is 3.17. The molecule has 0 bridgehead atoms. The van der Waals surface area contributed by atoms with E-state index >= 15 is 0 Å². The number of hydrogen-bond acceptors (Lipinski definition) is 4. The fourth-order valence-electron chi connectivity index (χ4n) is 1.76. The molecule has 0 aliphatic carbocycles. The van der Waals surface area contributed by atoms with E-state index in [2.05, 4.69) is 10.5 Å². The SMILES string of the molecule is Cc1ccc(C)n1Nc1cnn(CCO)c(=O)c1Cl. The molecule has 2 heterocycles. The van der Waals surface area contributed by atoms with E-state index in [1.165, 1.54) is 6.20 Å². The molecule has 2 rings (SSSR count). The van der Waals surface area contributed by atoms with Gasteiger partial charge >= 0.3 is 0 Å². The van der Waals surface area contributed by atoms with Gasteiger partial charge in [0, 0.05) is 11.4 Å². The first-order chi connectivity index (χ1) is 9.04. The fourth-order valence-corrected chi connectivity index (χ4v) is 1.95. The number of aryl methyl sites for hydroxylation is 2. The second-order valence-electron chi connectivity index (χ2n) is 4.19. The van der Waals surface area contributed by atoms with Gasteiger partial charge in [-0.1, -0.05) is 11.6 Å². The Balaban J connectivity index is 2.37. The summed E-state index contributed by atoms with van der Waals surface area (Å²) in [7, 11) is 0. The van der Waals surface area contributed by atoms with Crippen molar-refractivity contribution in [1.29, 1.82) is 0 Å². The van der Waals surface area contributed by atoms with Crippen LogP contribution in [0.1, 0.15) is 11.4 Å². The molecule has 0 saturated heterocycles. The van der Waals surface area contributed by atoms with Crippen molar-refractivity contribution in [3.8, 4) is 0 Å². The molecule has 2 aromatic heterocycles. The van der Waals surface area contributed by atoms with Gasteiger partial charge in [0.1, 0.15) is 5.02 Å². The highest BCUT2D eigenvalue weighted by atomic mass is 35.5. The lowest BCUT2D eigenvalue weighted by molar-refractivity contribution is 0.266. The molecular weight excluding hydrogens is 268 g/mol. The topological polar surface area (TPSA) is 72.1 Å². The highest BCUT2D eigenvalue weighted by molar-refractivity contribution is 6.32. The molecule has 2 aromatic rings. The van der Waals surface area contributed by atoms with Crippen LogP contribution in [0.5, 0.6) is 0 Å². The maximum absolute atomic E-state index is 11.9. The van der Waals surface area contributed by atoms with Crippen LogP contribution in [0.4, 0.5) is 5.69 Å². The molecule has 0 radical (unpaired) electrons. The van der Waals surface area contributed by atoms with Crippen LogP contribution in [0.3, 0.4) is 0 Å². The van der Waals surface area contributed by atoms with E-state index in [1.54, 1.807) is 0 Å². The lowest BCUT2D eigenvalue weighted by atomic mass is 10.4. The number of anilines is 1. The quantitative estimate of drug-likeness (QED) is 0.883. The molecule has 0 fully saturated rings. The Kier molecular flexibility index (Phi) is 3.92. The molecule has 0 unspecified atom stereocenters. The monoisotopic (exact) mass is 282 g/mol. The number of aliphatic hydroxyl groups is 1. The van der Waals surface area contributed by atoms with Gasteiger partial charge in [0.05, 0.1) is 25.0 Å². The lowest BCUT2D eigenvalue weighted by Gasteiger charge is -2.14. The Morgan fingerprint density at radius 3 is 2.58 bits per heavy atom. The van der Waals surface area contributed by atoms with Crippen molar-refractivity contribution in [2.45, 2.75) is 20.4 Å². The minimum absolute atomic E-state index is 0.0518. The van der Waals surface area contributed by atoms with E-state index < -0.39 is 5.56 Å². The van der Waals surface area contributed by atoms with E-state index in [-0.39, 0.29) is 18.2 Å². The number of nitrogens with zero attached hydrogens (tertiary/aromatic N) is 3. The van der Waals surface area contributed by atoms with Gasteiger partial charge in [-0.3, -0.25) is 14.9 Å². The summed E-state index contributed by atoms with van der Waals surface area (Å²) in [4.78, 5) is 11.9. The Labute approximate surface area is 115 Å². The Bertz CT molecular complexity index is 628. The summed E-state index contributed by atoms with van der Waals surface area (Å²) >= 11 is 6.02. The van der Waals surface area contributed by atoms with Gasteiger partial charge in [0.2, 0.25) is 0 Å². The second kappa shape index (κ2) is 5.46. The van der Waals surface area contributed by atoms with Crippen molar-refractivity contribution < 1.29 is 5.11 Å². The van der Waals surface area contributed by atoms with Crippen LogP contribution in [0.2, 0.25) is 5.02 Å². The third-order valence-electron chi connectivity index (χ3n) is 2.80. The van der Waals surface area contributed by atoms with Crippen molar-refractivity contribution in [2.24, 2.45) is 0 Å². The predicted octanol–water partition coefficient (Wildman–Crippen LogP) is 1.18. The maximum Gasteiger partial charge on any atom is 0.287 e. The average Bonchev–Trinajstić information content (AvgIpc) is 2.70.